The van der Waals surface area contributed by atoms with E-state index in [0.717, 1.165) is 4.88 Å². The van der Waals surface area contributed by atoms with Crippen molar-refractivity contribution in [3.63, 3.8) is 0 Å². The summed E-state index contributed by atoms with van der Waals surface area (Å²) in [6.07, 6.45) is -0.137. The van der Waals surface area contributed by atoms with Gasteiger partial charge in [0.05, 0.1) is 19.1 Å². The third-order valence-electron chi connectivity index (χ3n) is 2.68. The SMILES string of the molecule is COCc1cc(-c2ccc(CC#N)c(F)c2F)cs1. The number of benzene rings is 1. The van der Waals surface area contributed by atoms with Crippen molar-refractivity contribution in [2.45, 2.75) is 13.0 Å². The molecule has 0 spiro atoms. The van der Waals surface area contributed by atoms with Gasteiger partial charge in [0.1, 0.15) is 0 Å². The smallest absolute Gasteiger partial charge is 0.166 e. The number of nitriles is 1. The fraction of sp³-hybridized carbons (Fsp3) is 0.214. The van der Waals surface area contributed by atoms with Gasteiger partial charge >= 0.3 is 0 Å². The number of hydrogen-bond donors (Lipinski definition) is 0. The normalized spacial score (nSPS) is 10.4. The molecule has 0 aliphatic carbocycles. The van der Waals surface area contributed by atoms with E-state index in [1.807, 2.05) is 6.07 Å². The standard InChI is InChI=1S/C14H11F2NOS/c1-18-7-11-6-10(8-19-11)12-3-2-9(4-5-17)13(15)14(12)16/h2-3,6,8H,4,7H2,1H3. The number of methoxy groups -OCH3 is 1. The van der Waals surface area contributed by atoms with Gasteiger partial charge in [0.2, 0.25) is 0 Å². The average Bonchev–Trinajstić information content (AvgIpc) is 2.84. The Balaban J connectivity index is 2.40. The molecule has 98 valence electrons. The molecule has 19 heavy (non-hydrogen) atoms. The molecule has 1 heterocycles. The van der Waals surface area contributed by atoms with Crippen LogP contribution in [0.3, 0.4) is 0 Å². The van der Waals surface area contributed by atoms with Gasteiger partial charge in [-0.05, 0) is 17.0 Å². The molecular weight excluding hydrogens is 268 g/mol. The highest BCUT2D eigenvalue weighted by atomic mass is 32.1. The van der Waals surface area contributed by atoms with E-state index in [1.54, 1.807) is 18.6 Å². The summed E-state index contributed by atoms with van der Waals surface area (Å²) in [4.78, 5) is 0.943. The molecule has 1 aromatic heterocycles. The molecule has 0 unspecified atom stereocenters. The minimum atomic E-state index is -0.946. The molecule has 2 aromatic rings. The quantitative estimate of drug-likeness (QED) is 0.850. The van der Waals surface area contributed by atoms with Gasteiger partial charge in [0.15, 0.2) is 11.6 Å². The molecule has 0 atom stereocenters. The molecule has 0 saturated carbocycles. The lowest BCUT2D eigenvalue weighted by molar-refractivity contribution is 0.187. The van der Waals surface area contributed by atoms with Crippen LogP contribution in [-0.2, 0) is 17.8 Å². The van der Waals surface area contributed by atoms with Gasteiger partial charge in [0.25, 0.3) is 0 Å². The van der Waals surface area contributed by atoms with Crippen LogP contribution in [-0.4, -0.2) is 7.11 Å². The number of ether oxygens (including phenoxy) is 1. The van der Waals surface area contributed by atoms with Crippen LogP contribution in [0.5, 0.6) is 0 Å². The second-order valence-electron chi connectivity index (χ2n) is 3.97. The zero-order valence-corrected chi connectivity index (χ0v) is 11.1. The summed E-state index contributed by atoms with van der Waals surface area (Å²) in [6, 6.07) is 6.54. The Bertz CT molecular complexity index is 631. The minimum Gasteiger partial charge on any atom is -0.379 e. The molecule has 1 aromatic carbocycles. The maximum atomic E-state index is 14.0. The Morgan fingerprint density at radius 3 is 2.79 bits per heavy atom. The Labute approximate surface area is 113 Å². The lowest BCUT2D eigenvalue weighted by Gasteiger charge is -2.05. The molecule has 0 aliphatic heterocycles. The van der Waals surface area contributed by atoms with Gasteiger partial charge in [-0.25, -0.2) is 8.78 Å². The van der Waals surface area contributed by atoms with E-state index in [9.17, 15) is 8.78 Å². The highest BCUT2D eigenvalue weighted by Crippen LogP contribution is 2.30. The molecule has 2 nitrogen and oxygen atoms in total. The van der Waals surface area contributed by atoms with Gasteiger partial charge in [-0.1, -0.05) is 12.1 Å². The van der Waals surface area contributed by atoms with Crippen LogP contribution in [0.1, 0.15) is 10.4 Å². The summed E-state index contributed by atoms with van der Waals surface area (Å²) in [5, 5.41) is 10.3. The Morgan fingerprint density at radius 1 is 1.32 bits per heavy atom. The monoisotopic (exact) mass is 279 g/mol. The van der Waals surface area contributed by atoms with Crippen molar-refractivity contribution in [1.29, 1.82) is 5.26 Å². The highest BCUT2D eigenvalue weighted by Gasteiger charge is 2.15. The number of thiophene rings is 1. The second-order valence-corrected chi connectivity index (χ2v) is 4.97. The zero-order chi connectivity index (χ0) is 13.8. The molecule has 0 bridgehead atoms. The zero-order valence-electron chi connectivity index (χ0n) is 10.2. The van der Waals surface area contributed by atoms with Crippen LogP contribution < -0.4 is 0 Å². The predicted molar refractivity (Wildman–Crippen MR) is 69.7 cm³/mol. The lowest BCUT2D eigenvalue weighted by atomic mass is 10.0. The van der Waals surface area contributed by atoms with E-state index in [4.69, 9.17) is 10.00 Å². The molecule has 0 saturated heterocycles. The first-order valence-electron chi connectivity index (χ1n) is 5.58. The van der Waals surface area contributed by atoms with E-state index in [-0.39, 0.29) is 17.5 Å². The van der Waals surface area contributed by atoms with Crippen molar-refractivity contribution in [2.75, 3.05) is 7.11 Å². The van der Waals surface area contributed by atoms with Crippen LogP contribution in [0, 0.1) is 23.0 Å². The van der Waals surface area contributed by atoms with Crippen LogP contribution in [0.25, 0.3) is 11.1 Å². The van der Waals surface area contributed by atoms with Gasteiger partial charge < -0.3 is 4.74 Å². The first-order chi connectivity index (χ1) is 9.17. The van der Waals surface area contributed by atoms with Crippen LogP contribution in [0.4, 0.5) is 8.78 Å². The van der Waals surface area contributed by atoms with Gasteiger partial charge in [0, 0.05) is 23.1 Å². The van der Waals surface area contributed by atoms with E-state index in [1.165, 1.54) is 23.5 Å². The largest absolute Gasteiger partial charge is 0.379 e. The maximum Gasteiger partial charge on any atom is 0.166 e. The van der Waals surface area contributed by atoms with Crippen molar-refractivity contribution in [1.82, 2.24) is 0 Å². The molecule has 0 amide bonds. The van der Waals surface area contributed by atoms with E-state index in [2.05, 4.69) is 0 Å². The fourth-order valence-electron chi connectivity index (χ4n) is 1.77. The van der Waals surface area contributed by atoms with Crippen LogP contribution in [0.15, 0.2) is 23.6 Å². The molecular formula is C14H11F2NOS. The van der Waals surface area contributed by atoms with Crippen LogP contribution >= 0.6 is 11.3 Å². The number of rotatable bonds is 4. The molecule has 0 fully saturated rings. The highest BCUT2D eigenvalue weighted by molar-refractivity contribution is 7.10. The summed E-state index contributed by atoms with van der Waals surface area (Å²) in [5.74, 6) is -1.85. The first-order valence-corrected chi connectivity index (χ1v) is 6.46. The number of hydrogen-bond acceptors (Lipinski definition) is 3. The summed E-state index contributed by atoms with van der Waals surface area (Å²) < 4.78 is 32.7. The van der Waals surface area contributed by atoms with Crippen molar-refractivity contribution in [2.24, 2.45) is 0 Å². The second kappa shape index (κ2) is 5.91. The predicted octanol–water partition coefficient (Wildman–Crippen LogP) is 3.91. The number of nitrogens with zero attached hydrogens (tertiary/aromatic N) is 1. The summed E-state index contributed by atoms with van der Waals surface area (Å²) in [7, 11) is 1.58. The summed E-state index contributed by atoms with van der Waals surface area (Å²) in [5.41, 5.74) is 0.908. The Kier molecular flexibility index (Phi) is 4.25. The van der Waals surface area contributed by atoms with Gasteiger partial charge in [-0.2, -0.15) is 5.26 Å². The molecule has 0 N–H and O–H groups in total. The van der Waals surface area contributed by atoms with E-state index in [0.29, 0.717) is 12.2 Å². The Morgan fingerprint density at radius 2 is 2.11 bits per heavy atom. The molecule has 0 radical (unpaired) electrons. The van der Waals surface area contributed by atoms with Gasteiger partial charge in [-0.15, -0.1) is 11.3 Å². The van der Waals surface area contributed by atoms with Gasteiger partial charge in [-0.3, -0.25) is 0 Å². The number of halogens is 2. The van der Waals surface area contributed by atoms with Crippen molar-refractivity contribution in [3.05, 3.63) is 45.7 Å². The van der Waals surface area contributed by atoms with Crippen molar-refractivity contribution < 1.29 is 13.5 Å². The molecule has 5 heteroatoms. The maximum absolute atomic E-state index is 14.0. The minimum absolute atomic E-state index is 0.0797. The Hall–Kier alpha value is -1.77. The fourth-order valence-corrected chi connectivity index (χ4v) is 2.63. The molecule has 0 aliphatic rings. The third kappa shape index (κ3) is 2.80. The summed E-state index contributed by atoms with van der Waals surface area (Å²) >= 11 is 1.43. The van der Waals surface area contributed by atoms with E-state index < -0.39 is 11.6 Å². The van der Waals surface area contributed by atoms with Crippen molar-refractivity contribution >= 4 is 11.3 Å². The van der Waals surface area contributed by atoms with Crippen LogP contribution in [0.2, 0.25) is 0 Å². The average molecular weight is 279 g/mol. The third-order valence-corrected chi connectivity index (χ3v) is 3.59. The lowest BCUT2D eigenvalue weighted by Crippen LogP contribution is -1.95. The summed E-state index contributed by atoms with van der Waals surface area (Å²) in [6.45, 7) is 0.446. The van der Waals surface area contributed by atoms with E-state index >= 15 is 0 Å². The topological polar surface area (TPSA) is 33.0 Å². The molecule has 2 rings (SSSR count). The van der Waals surface area contributed by atoms with Crippen molar-refractivity contribution in [3.8, 4) is 17.2 Å². The first kappa shape index (κ1) is 13.7.